The first-order valence-electron chi connectivity index (χ1n) is 9.54. The number of amides is 1. The summed E-state index contributed by atoms with van der Waals surface area (Å²) in [5.74, 6) is 1.34. The summed E-state index contributed by atoms with van der Waals surface area (Å²) in [5.41, 5.74) is 3.49. The third kappa shape index (κ3) is 4.39. The molecule has 1 heterocycles. The molecule has 0 saturated heterocycles. The van der Waals surface area contributed by atoms with Crippen molar-refractivity contribution >= 4 is 17.7 Å². The molecule has 1 N–H and O–H groups in total. The molecule has 0 bridgehead atoms. The molecule has 1 aliphatic heterocycles. The van der Waals surface area contributed by atoms with Crippen LogP contribution in [0.25, 0.3) is 0 Å². The monoisotopic (exact) mass is 389 g/mol. The van der Waals surface area contributed by atoms with Gasteiger partial charge >= 0.3 is 0 Å². The van der Waals surface area contributed by atoms with Crippen molar-refractivity contribution in [1.82, 2.24) is 5.32 Å². The molecule has 1 amide bonds. The van der Waals surface area contributed by atoms with Crippen molar-refractivity contribution in [3.8, 4) is 5.75 Å². The predicted octanol–water partition coefficient (Wildman–Crippen LogP) is 5.15. The number of rotatable bonds is 6. The van der Waals surface area contributed by atoms with Crippen LogP contribution in [0, 0.1) is 0 Å². The van der Waals surface area contributed by atoms with Crippen molar-refractivity contribution in [1.29, 1.82) is 0 Å². The predicted molar refractivity (Wildman–Crippen MR) is 115 cm³/mol. The molecule has 3 nitrogen and oxygen atoms in total. The first-order chi connectivity index (χ1) is 13.8. The van der Waals surface area contributed by atoms with Gasteiger partial charge in [0, 0.05) is 12.0 Å². The van der Waals surface area contributed by atoms with E-state index in [9.17, 15) is 4.79 Å². The largest absolute Gasteiger partial charge is 0.493 e. The van der Waals surface area contributed by atoms with E-state index in [1.54, 1.807) is 11.8 Å². The normalized spacial score (nSPS) is 15.5. The van der Waals surface area contributed by atoms with Crippen LogP contribution < -0.4 is 10.1 Å². The lowest BCUT2D eigenvalue weighted by Gasteiger charge is -2.27. The molecular weight excluding hydrogens is 366 g/mol. The number of para-hydroxylation sites is 1. The molecule has 4 heteroatoms. The van der Waals surface area contributed by atoms with Gasteiger partial charge in [0.2, 0.25) is 5.91 Å². The van der Waals surface area contributed by atoms with E-state index in [0.717, 1.165) is 17.7 Å². The molecule has 1 atom stereocenters. The minimum atomic E-state index is 0.0185. The standard InChI is InChI=1S/C24H23NO2S/c26-23(25-21-15-16-27-22-14-8-7-13-20(21)22)17-28-24(18-9-3-1-4-10-18)19-11-5-2-6-12-19/h1-14,21,24H,15-17H2,(H,25,26). The van der Waals surface area contributed by atoms with Crippen molar-refractivity contribution in [3.63, 3.8) is 0 Å². The van der Waals surface area contributed by atoms with E-state index in [2.05, 4.69) is 29.6 Å². The molecule has 1 unspecified atom stereocenters. The van der Waals surface area contributed by atoms with Crippen LogP contribution in [0.15, 0.2) is 84.9 Å². The maximum absolute atomic E-state index is 12.7. The smallest absolute Gasteiger partial charge is 0.230 e. The molecule has 0 spiro atoms. The summed E-state index contributed by atoms with van der Waals surface area (Å²) in [6.45, 7) is 0.631. The molecule has 0 aromatic heterocycles. The Morgan fingerprint density at radius 1 is 0.929 bits per heavy atom. The number of hydrogen-bond donors (Lipinski definition) is 1. The Morgan fingerprint density at radius 2 is 1.54 bits per heavy atom. The van der Waals surface area contributed by atoms with Gasteiger partial charge in [-0.25, -0.2) is 0 Å². The van der Waals surface area contributed by atoms with Gasteiger partial charge in [0.1, 0.15) is 5.75 Å². The second kappa shape index (κ2) is 8.98. The Morgan fingerprint density at radius 3 is 2.21 bits per heavy atom. The van der Waals surface area contributed by atoms with Crippen LogP contribution in [-0.4, -0.2) is 18.3 Å². The van der Waals surface area contributed by atoms with E-state index in [1.165, 1.54) is 11.1 Å². The third-order valence-electron chi connectivity index (χ3n) is 4.88. The van der Waals surface area contributed by atoms with E-state index in [4.69, 9.17) is 4.74 Å². The van der Waals surface area contributed by atoms with E-state index in [0.29, 0.717) is 12.4 Å². The molecular formula is C24H23NO2S. The van der Waals surface area contributed by atoms with Gasteiger partial charge in [-0.3, -0.25) is 4.79 Å². The van der Waals surface area contributed by atoms with Crippen molar-refractivity contribution in [3.05, 3.63) is 102 Å². The van der Waals surface area contributed by atoms with Crippen molar-refractivity contribution in [2.45, 2.75) is 17.7 Å². The molecule has 0 fully saturated rings. The Hall–Kier alpha value is -2.72. The SMILES string of the molecule is O=C(CSC(c1ccccc1)c1ccccc1)NC1CCOc2ccccc21. The zero-order chi connectivity index (χ0) is 19.2. The van der Waals surface area contributed by atoms with Gasteiger partial charge in [-0.15, -0.1) is 11.8 Å². The maximum atomic E-state index is 12.7. The first kappa shape index (κ1) is 18.6. The summed E-state index contributed by atoms with van der Waals surface area (Å²) in [4.78, 5) is 12.7. The fourth-order valence-electron chi connectivity index (χ4n) is 3.53. The molecule has 4 rings (SSSR count). The Bertz CT molecular complexity index is 875. The fraction of sp³-hybridized carbons (Fsp3) is 0.208. The highest BCUT2D eigenvalue weighted by Gasteiger charge is 2.23. The van der Waals surface area contributed by atoms with Crippen LogP contribution in [0.2, 0.25) is 0 Å². The fourth-order valence-corrected chi connectivity index (χ4v) is 4.63. The minimum absolute atomic E-state index is 0.0185. The van der Waals surface area contributed by atoms with Gasteiger partial charge in [-0.2, -0.15) is 0 Å². The lowest BCUT2D eigenvalue weighted by Crippen LogP contribution is -2.33. The summed E-state index contributed by atoms with van der Waals surface area (Å²) in [5, 5.41) is 3.33. The number of thioether (sulfide) groups is 1. The molecule has 0 aliphatic carbocycles. The Kier molecular flexibility index (Phi) is 5.98. The van der Waals surface area contributed by atoms with Gasteiger partial charge in [0.05, 0.1) is 23.7 Å². The zero-order valence-electron chi connectivity index (χ0n) is 15.6. The highest BCUT2D eigenvalue weighted by molar-refractivity contribution is 8.00. The van der Waals surface area contributed by atoms with Crippen molar-refractivity contribution in [2.75, 3.05) is 12.4 Å². The number of benzene rings is 3. The Labute approximate surface area is 170 Å². The van der Waals surface area contributed by atoms with Crippen LogP contribution in [0.3, 0.4) is 0 Å². The van der Waals surface area contributed by atoms with Crippen LogP contribution >= 0.6 is 11.8 Å². The van der Waals surface area contributed by atoms with Gasteiger partial charge < -0.3 is 10.1 Å². The van der Waals surface area contributed by atoms with Gasteiger partial charge in [-0.05, 0) is 17.2 Å². The topological polar surface area (TPSA) is 38.3 Å². The molecule has 28 heavy (non-hydrogen) atoms. The van der Waals surface area contributed by atoms with Crippen LogP contribution in [0.1, 0.15) is 34.4 Å². The number of hydrogen-bond acceptors (Lipinski definition) is 3. The molecule has 3 aromatic rings. The highest BCUT2D eigenvalue weighted by Crippen LogP contribution is 2.36. The van der Waals surface area contributed by atoms with Crippen molar-refractivity contribution in [2.24, 2.45) is 0 Å². The minimum Gasteiger partial charge on any atom is -0.493 e. The number of carbonyl (C=O) groups is 1. The molecule has 142 valence electrons. The van der Waals surface area contributed by atoms with E-state index < -0.39 is 0 Å². The van der Waals surface area contributed by atoms with E-state index in [-0.39, 0.29) is 17.2 Å². The van der Waals surface area contributed by atoms with Crippen LogP contribution in [0.4, 0.5) is 0 Å². The second-order valence-corrected chi connectivity index (χ2v) is 7.90. The lowest BCUT2D eigenvalue weighted by atomic mass is 10.0. The van der Waals surface area contributed by atoms with Gasteiger partial charge in [0.15, 0.2) is 0 Å². The summed E-state index contributed by atoms with van der Waals surface area (Å²) in [7, 11) is 0. The Balaban J connectivity index is 1.44. The number of carbonyl (C=O) groups excluding carboxylic acids is 1. The van der Waals surface area contributed by atoms with Gasteiger partial charge in [0.25, 0.3) is 0 Å². The summed E-state index contributed by atoms with van der Waals surface area (Å²) < 4.78 is 5.69. The first-order valence-corrected chi connectivity index (χ1v) is 10.6. The quantitative estimate of drug-likeness (QED) is 0.634. The third-order valence-corrected chi connectivity index (χ3v) is 6.19. The van der Waals surface area contributed by atoms with E-state index >= 15 is 0 Å². The van der Waals surface area contributed by atoms with Crippen molar-refractivity contribution < 1.29 is 9.53 Å². The van der Waals surface area contributed by atoms with Gasteiger partial charge in [-0.1, -0.05) is 78.9 Å². The summed E-state index contributed by atoms with van der Waals surface area (Å²) in [6.07, 6.45) is 0.800. The number of ether oxygens (including phenoxy) is 1. The molecule has 0 radical (unpaired) electrons. The molecule has 3 aromatic carbocycles. The lowest BCUT2D eigenvalue weighted by molar-refractivity contribution is -0.119. The summed E-state index contributed by atoms with van der Waals surface area (Å²) >= 11 is 1.66. The zero-order valence-corrected chi connectivity index (χ0v) is 16.4. The molecule has 0 saturated carbocycles. The van der Waals surface area contributed by atoms with E-state index in [1.807, 2.05) is 60.7 Å². The van der Waals surface area contributed by atoms with Crippen LogP contribution in [0.5, 0.6) is 5.75 Å². The highest BCUT2D eigenvalue weighted by atomic mass is 32.2. The average molecular weight is 390 g/mol. The summed E-state index contributed by atoms with van der Waals surface area (Å²) in [6, 6.07) is 28.7. The second-order valence-electron chi connectivity index (χ2n) is 6.81. The molecule has 1 aliphatic rings. The maximum Gasteiger partial charge on any atom is 0.230 e. The van der Waals surface area contributed by atoms with Crippen LogP contribution in [-0.2, 0) is 4.79 Å². The number of nitrogens with one attached hydrogen (secondary N) is 1. The average Bonchev–Trinajstić information content (AvgIpc) is 2.76. The number of fused-ring (bicyclic) bond motifs is 1.